The van der Waals surface area contributed by atoms with Crippen LogP contribution in [0.1, 0.15) is 10.4 Å². The molecule has 5 N–H and O–H groups in total. The highest BCUT2D eigenvalue weighted by Gasteiger charge is 2.15. The van der Waals surface area contributed by atoms with E-state index in [0.717, 1.165) is 6.07 Å². The minimum atomic E-state index is -3.95. The number of nitrogens with two attached hydrogens (primary N) is 2. The Morgan fingerprint density at radius 2 is 2.00 bits per heavy atom. The maximum atomic E-state index is 11.5. The summed E-state index contributed by atoms with van der Waals surface area (Å²) in [6.45, 7) is 0.591. The summed E-state index contributed by atoms with van der Waals surface area (Å²) >= 11 is 5.68. The molecule has 0 heterocycles. The van der Waals surface area contributed by atoms with Crippen LogP contribution in [0.25, 0.3) is 0 Å². The third-order valence-corrected chi connectivity index (χ3v) is 3.32. The van der Waals surface area contributed by atoms with Gasteiger partial charge in [0.2, 0.25) is 10.0 Å². The summed E-state index contributed by atoms with van der Waals surface area (Å²) in [6.07, 6.45) is 0. The van der Waals surface area contributed by atoms with E-state index in [-0.39, 0.29) is 27.9 Å². The molecule has 1 aromatic carbocycles. The molecule has 0 aliphatic heterocycles. The monoisotopic (exact) mass is 313 g/mol. The van der Waals surface area contributed by atoms with E-state index in [2.05, 4.69) is 5.32 Å². The molecule has 0 fully saturated rings. The third kappa shape index (κ3) is 4.43. The molecular weight excluding hydrogens is 301 g/mol. The summed E-state index contributed by atoms with van der Waals surface area (Å²) in [7, 11) is -3.95. The molecule has 0 saturated carbocycles. The van der Waals surface area contributed by atoms with Gasteiger partial charge >= 0.3 is 0 Å². The zero-order valence-corrected chi connectivity index (χ0v) is 11.6. The predicted octanol–water partition coefficient (Wildman–Crippen LogP) is 0.0977. The standard InChI is InChI=1S/C9H12ClN3O3S.ClH/c10-7-2-1-6(9(14)13-4-3-11)5-8(7)17(12,15)16;/h1-2,5H,3-4,11H2,(H,13,14)(H2,12,15,16);1H. The first-order valence-corrected chi connectivity index (χ1v) is 6.59. The molecule has 1 rings (SSSR count). The average molecular weight is 314 g/mol. The number of sulfonamides is 1. The van der Waals surface area contributed by atoms with Crippen molar-refractivity contribution in [1.29, 1.82) is 0 Å². The van der Waals surface area contributed by atoms with E-state index in [1.165, 1.54) is 12.1 Å². The Hall–Kier alpha value is -0.860. The summed E-state index contributed by atoms with van der Waals surface area (Å²) in [6, 6.07) is 3.84. The maximum absolute atomic E-state index is 11.5. The average Bonchev–Trinajstić information content (AvgIpc) is 2.25. The van der Waals surface area contributed by atoms with Crippen molar-refractivity contribution in [3.63, 3.8) is 0 Å². The molecule has 0 spiro atoms. The van der Waals surface area contributed by atoms with Gasteiger partial charge in [-0.2, -0.15) is 0 Å². The van der Waals surface area contributed by atoms with Gasteiger partial charge in [-0.05, 0) is 18.2 Å². The topological polar surface area (TPSA) is 115 Å². The predicted molar refractivity (Wildman–Crippen MR) is 71.5 cm³/mol. The molecule has 18 heavy (non-hydrogen) atoms. The summed E-state index contributed by atoms with van der Waals surface area (Å²) in [5.41, 5.74) is 5.39. The van der Waals surface area contributed by atoms with Gasteiger partial charge in [0.1, 0.15) is 4.90 Å². The second-order valence-electron chi connectivity index (χ2n) is 3.23. The third-order valence-electron chi connectivity index (χ3n) is 1.93. The molecule has 1 aromatic rings. The van der Waals surface area contributed by atoms with Crippen LogP contribution in [0.2, 0.25) is 5.02 Å². The summed E-state index contributed by atoms with van der Waals surface area (Å²) in [5.74, 6) is -0.433. The highest BCUT2D eigenvalue weighted by atomic mass is 35.5. The van der Waals surface area contributed by atoms with Gasteiger partial charge in [0, 0.05) is 18.7 Å². The summed E-state index contributed by atoms with van der Waals surface area (Å²) < 4.78 is 22.4. The van der Waals surface area contributed by atoms with Crippen LogP contribution < -0.4 is 16.2 Å². The fourth-order valence-corrected chi connectivity index (χ4v) is 2.22. The van der Waals surface area contributed by atoms with Gasteiger partial charge in [-0.3, -0.25) is 4.79 Å². The number of hydrogen-bond acceptors (Lipinski definition) is 4. The van der Waals surface area contributed by atoms with E-state index in [1.807, 2.05) is 0 Å². The first kappa shape index (κ1) is 17.1. The number of benzene rings is 1. The number of hydrogen-bond donors (Lipinski definition) is 3. The SMILES string of the molecule is Cl.NCCNC(=O)c1ccc(Cl)c(S(N)(=O)=O)c1. The molecule has 0 aliphatic rings. The summed E-state index contributed by atoms with van der Waals surface area (Å²) in [5, 5.41) is 7.44. The van der Waals surface area contributed by atoms with Crippen LogP contribution in [-0.4, -0.2) is 27.4 Å². The number of halogens is 2. The fraction of sp³-hybridized carbons (Fsp3) is 0.222. The van der Waals surface area contributed by atoms with Gasteiger partial charge in [0.15, 0.2) is 0 Å². The number of carbonyl (C=O) groups is 1. The molecule has 9 heteroatoms. The molecular formula is C9H13Cl2N3O3S. The van der Waals surface area contributed by atoms with Crippen molar-refractivity contribution in [1.82, 2.24) is 5.32 Å². The molecule has 6 nitrogen and oxygen atoms in total. The minimum Gasteiger partial charge on any atom is -0.351 e. The van der Waals surface area contributed by atoms with E-state index < -0.39 is 15.9 Å². The zero-order chi connectivity index (χ0) is 13.1. The normalized spacial score (nSPS) is 10.6. The van der Waals surface area contributed by atoms with Gasteiger partial charge in [-0.25, -0.2) is 13.6 Å². The van der Waals surface area contributed by atoms with Crippen molar-refractivity contribution in [2.75, 3.05) is 13.1 Å². The van der Waals surface area contributed by atoms with Gasteiger partial charge < -0.3 is 11.1 Å². The Labute approximate surface area is 116 Å². The van der Waals surface area contributed by atoms with Crippen molar-refractivity contribution >= 4 is 39.9 Å². The van der Waals surface area contributed by atoms with E-state index in [1.54, 1.807) is 0 Å². The van der Waals surface area contributed by atoms with Crippen LogP contribution in [0, 0.1) is 0 Å². The first-order valence-electron chi connectivity index (χ1n) is 4.67. The van der Waals surface area contributed by atoms with E-state index in [9.17, 15) is 13.2 Å². The molecule has 0 atom stereocenters. The zero-order valence-electron chi connectivity index (χ0n) is 9.22. The molecule has 0 saturated heterocycles. The summed E-state index contributed by atoms with van der Waals surface area (Å²) in [4.78, 5) is 11.3. The van der Waals surface area contributed by atoms with Crippen LogP contribution in [-0.2, 0) is 10.0 Å². The Bertz CT molecular complexity index is 534. The number of nitrogens with one attached hydrogen (secondary N) is 1. The van der Waals surface area contributed by atoms with Gasteiger partial charge in [-0.15, -0.1) is 12.4 Å². The molecule has 0 aromatic heterocycles. The highest BCUT2D eigenvalue weighted by molar-refractivity contribution is 7.89. The lowest BCUT2D eigenvalue weighted by atomic mass is 10.2. The van der Waals surface area contributed by atoms with Crippen molar-refractivity contribution in [2.24, 2.45) is 10.9 Å². The van der Waals surface area contributed by atoms with E-state index in [4.69, 9.17) is 22.5 Å². The van der Waals surface area contributed by atoms with Crippen LogP contribution in [0.15, 0.2) is 23.1 Å². The van der Waals surface area contributed by atoms with Crippen molar-refractivity contribution in [3.8, 4) is 0 Å². The van der Waals surface area contributed by atoms with Gasteiger partial charge in [0.05, 0.1) is 5.02 Å². The van der Waals surface area contributed by atoms with Crippen LogP contribution in [0.3, 0.4) is 0 Å². The first-order chi connectivity index (χ1) is 7.86. The van der Waals surface area contributed by atoms with Crippen LogP contribution in [0.4, 0.5) is 0 Å². The Kier molecular flexibility index (Phi) is 6.58. The lowest BCUT2D eigenvalue weighted by Crippen LogP contribution is -2.29. The smallest absolute Gasteiger partial charge is 0.251 e. The Morgan fingerprint density at radius 3 is 2.50 bits per heavy atom. The number of rotatable bonds is 4. The maximum Gasteiger partial charge on any atom is 0.251 e. The second kappa shape index (κ2) is 6.91. The molecule has 0 aliphatic carbocycles. The van der Waals surface area contributed by atoms with Crippen LogP contribution >= 0.6 is 24.0 Å². The highest BCUT2D eigenvalue weighted by Crippen LogP contribution is 2.21. The quantitative estimate of drug-likeness (QED) is 0.731. The van der Waals surface area contributed by atoms with Crippen molar-refractivity contribution in [3.05, 3.63) is 28.8 Å². The number of carbonyl (C=O) groups excluding carboxylic acids is 1. The van der Waals surface area contributed by atoms with Gasteiger partial charge in [-0.1, -0.05) is 11.6 Å². The Morgan fingerprint density at radius 1 is 1.39 bits per heavy atom. The van der Waals surface area contributed by atoms with Crippen molar-refractivity contribution < 1.29 is 13.2 Å². The van der Waals surface area contributed by atoms with E-state index >= 15 is 0 Å². The molecule has 0 unspecified atom stereocenters. The second-order valence-corrected chi connectivity index (χ2v) is 5.17. The van der Waals surface area contributed by atoms with E-state index in [0.29, 0.717) is 13.1 Å². The number of amides is 1. The number of primary sulfonamides is 1. The van der Waals surface area contributed by atoms with Crippen molar-refractivity contribution in [2.45, 2.75) is 4.90 Å². The molecule has 1 amide bonds. The largest absolute Gasteiger partial charge is 0.351 e. The Balaban J connectivity index is 0.00000289. The van der Waals surface area contributed by atoms with Gasteiger partial charge in [0.25, 0.3) is 5.91 Å². The molecule has 0 radical (unpaired) electrons. The molecule has 102 valence electrons. The fourth-order valence-electron chi connectivity index (χ4n) is 1.15. The lowest BCUT2D eigenvalue weighted by molar-refractivity contribution is 0.0954. The lowest BCUT2D eigenvalue weighted by Gasteiger charge is -2.06. The molecule has 0 bridgehead atoms. The van der Waals surface area contributed by atoms with Crippen LogP contribution in [0.5, 0.6) is 0 Å². The minimum absolute atomic E-state index is 0.